The van der Waals surface area contributed by atoms with Gasteiger partial charge >= 0.3 is 0 Å². The number of carbonyl (C=O) groups is 1. The molecule has 0 aromatic carbocycles. The number of nitrogens with zero attached hydrogens (tertiary/aromatic N) is 2. The van der Waals surface area contributed by atoms with Gasteiger partial charge in [0.1, 0.15) is 11.5 Å². The van der Waals surface area contributed by atoms with E-state index >= 15 is 0 Å². The molecular formula is C17H29N3O. The van der Waals surface area contributed by atoms with Crippen LogP contribution in [0, 0.1) is 5.92 Å². The van der Waals surface area contributed by atoms with Crippen molar-refractivity contribution in [2.75, 3.05) is 18.4 Å². The van der Waals surface area contributed by atoms with Gasteiger partial charge in [-0.25, -0.2) is 4.98 Å². The van der Waals surface area contributed by atoms with E-state index in [1.807, 2.05) is 24.0 Å². The fraction of sp³-hybridized carbons (Fsp3) is 0.647. The maximum Gasteiger partial charge on any atom is 0.272 e. The number of hydrogen-bond acceptors (Lipinski definition) is 3. The Morgan fingerprint density at radius 3 is 2.43 bits per heavy atom. The molecule has 1 heterocycles. The first kappa shape index (κ1) is 17.5. The zero-order valence-electron chi connectivity index (χ0n) is 14.0. The molecule has 0 spiro atoms. The lowest BCUT2D eigenvalue weighted by atomic mass is 10.0. The summed E-state index contributed by atoms with van der Waals surface area (Å²) in [6, 6.07) is 5.88. The zero-order valence-corrected chi connectivity index (χ0v) is 14.0. The van der Waals surface area contributed by atoms with Crippen LogP contribution in [0.25, 0.3) is 0 Å². The average Bonchev–Trinajstić information content (AvgIpc) is 2.47. The number of carbonyl (C=O) groups excluding carboxylic acids is 1. The number of anilines is 1. The van der Waals surface area contributed by atoms with E-state index in [1.165, 1.54) is 0 Å². The van der Waals surface area contributed by atoms with E-state index in [4.69, 9.17) is 0 Å². The quantitative estimate of drug-likeness (QED) is 0.792. The Hall–Kier alpha value is -1.58. The van der Waals surface area contributed by atoms with Gasteiger partial charge in [-0.05, 0) is 38.8 Å². The van der Waals surface area contributed by atoms with Gasteiger partial charge in [0.2, 0.25) is 0 Å². The molecule has 0 saturated carbocycles. The minimum absolute atomic E-state index is 0.0248. The summed E-state index contributed by atoms with van der Waals surface area (Å²) < 4.78 is 0. The van der Waals surface area contributed by atoms with Crippen LogP contribution >= 0.6 is 0 Å². The second-order valence-electron chi connectivity index (χ2n) is 5.73. The highest BCUT2D eigenvalue weighted by atomic mass is 16.2. The summed E-state index contributed by atoms with van der Waals surface area (Å²) in [4.78, 5) is 19.0. The summed E-state index contributed by atoms with van der Waals surface area (Å²) in [5.41, 5.74) is 0.522. The van der Waals surface area contributed by atoms with Crippen LogP contribution in [0.4, 0.5) is 5.82 Å². The average molecular weight is 291 g/mol. The maximum atomic E-state index is 12.6. The van der Waals surface area contributed by atoms with Gasteiger partial charge in [0.25, 0.3) is 5.91 Å². The number of nitrogens with one attached hydrogen (secondary N) is 1. The molecule has 21 heavy (non-hydrogen) atoms. The van der Waals surface area contributed by atoms with Crippen LogP contribution in [0.2, 0.25) is 0 Å². The van der Waals surface area contributed by atoms with Gasteiger partial charge in [0, 0.05) is 19.1 Å². The minimum Gasteiger partial charge on any atom is -0.368 e. The third-order valence-electron chi connectivity index (χ3n) is 3.71. The van der Waals surface area contributed by atoms with E-state index < -0.39 is 0 Å². The number of hydrogen-bond donors (Lipinski definition) is 1. The van der Waals surface area contributed by atoms with Crippen LogP contribution in [0.3, 0.4) is 0 Å². The van der Waals surface area contributed by atoms with Crippen molar-refractivity contribution in [2.24, 2.45) is 5.92 Å². The van der Waals surface area contributed by atoms with E-state index in [2.05, 4.69) is 38.0 Å². The molecule has 0 aliphatic carbocycles. The number of aromatic nitrogens is 1. The second kappa shape index (κ2) is 8.65. The van der Waals surface area contributed by atoms with Gasteiger partial charge in [-0.1, -0.05) is 32.8 Å². The molecule has 4 nitrogen and oxygen atoms in total. The summed E-state index contributed by atoms with van der Waals surface area (Å²) in [6.07, 6.45) is 2.20. The fourth-order valence-corrected chi connectivity index (χ4v) is 2.31. The number of amides is 1. The van der Waals surface area contributed by atoms with E-state index in [0.29, 0.717) is 17.7 Å². The Morgan fingerprint density at radius 2 is 1.90 bits per heavy atom. The first-order valence-corrected chi connectivity index (χ1v) is 8.04. The summed E-state index contributed by atoms with van der Waals surface area (Å²) in [6.45, 7) is 12.0. The topological polar surface area (TPSA) is 45.2 Å². The van der Waals surface area contributed by atoms with E-state index in [1.54, 1.807) is 6.07 Å². The zero-order chi connectivity index (χ0) is 15.8. The van der Waals surface area contributed by atoms with Crippen LogP contribution in [0.1, 0.15) is 57.9 Å². The normalized spacial score (nSPS) is 11.0. The van der Waals surface area contributed by atoms with Gasteiger partial charge in [-0.2, -0.15) is 0 Å². The maximum absolute atomic E-state index is 12.6. The molecule has 0 radical (unpaired) electrons. The first-order valence-electron chi connectivity index (χ1n) is 8.04. The van der Waals surface area contributed by atoms with Crippen molar-refractivity contribution in [1.82, 2.24) is 9.88 Å². The summed E-state index contributed by atoms with van der Waals surface area (Å²) >= 11 is 0. The van der Waals surface area contributed by atoms with Crippen LogP contribution < -0.4 is 5.32 Å². The molecule has 1 rings (SSSR count). The molecule has 0 aliphatic heterocycles. The minimum atomic E-state index is 0.0248. The first-order chi connectivity index (χ1) is 10.0. The van der Waals surface area contributed by atoms with Crippen molar-refractivity contribution >= 4 is 11.7 Å². The fourth-order valence-electron chi connectivity index (χ4n) is 2.31. The van der Waals surface area contributed by atoms with Crippen molar-refractivity contribution in [3.05, 3.63) is 23.9 Å². The Morgan fingerprint density at radius 1 is 1.24 bits per heavy atom. The number of rotatable bonds is 8. The molecule has 1 amide bonds. The lowest BCUT2D eigenvalue weighted by Crippen LogP contribution is -2.35. The van der Waals surface area contributed by atoms with Gasteiger partial charge < -0.3 is 10.2 Å². The summed E-state index contributed by atoms with van der Waals surface area (Å²) in [5.74, 6) is 1.34. The number of pyridine rings is 1. The molecule has 0 unspecified atom stereocenters. The second-order valence-corrected chi connectivity index (χ2v) is 5.73. The predicted molar refractivity (Wildman–Crippen MR) is 88.6 cm³/mol. The Labute approximate surface area is 129 Å². The van der Waals surface area contributed by atoms with Gasteiger partial charge in [-0.15, -0.1) is 0 Å². The highest BCUT2D eigenvalue weighted by Crippen LogP contribution is 2.13. The largest absolute Gasteiger partial charge is 0.368 e. The Bertz CT molecular complexity index is 441. The smallest absolute Gasteiger partial charge is 0.272 e. The third kappa shape index (κ3) is 5.37. The highest BCUT2D eigenvalue weighted by Gasteiger charge is 2.18. The third-order valence-corrected chi connectivity index (χ3v) is 3.71. The summed E-state index contributed by atoms with van der Waals surface area (Å²) in [5, 5.41) is 3.24. The molecule has 1 aromatic heterocycles. The molecule has 1 aromatic rings. The van der Waals surface area contributed by atoms with E-state index in [9.17, 15) is 4.79 Å². The molecule has 0 bridgehead atoms. The monoisotopic (exact) mass is 291 g/mol. The molecule has 0 saturated heterocycles. The molecule has 4 heteroatoms. The lowest BCUT2D eigenvalue weighted by molar-refractivity contribution is 0.0729. The van der Waals surface area contributed by atoms with Crippen molar-refractivity contribution in [3.63, 3.8) is 0 Å². The lowest BCUT2D eigenvalue weighted by Gasteiger charge is -2.25. The Balaban J connectivity index is 2.84. The molecular weight excluding hydrogens is 262 g/mol. The highest BCUT2D eigenvalue weighted by molar-refractivity contribution is 5.92. The van der Waals surface area contributed by atoms with Crippen LogP contribution in [-0.4, -0.2) is 34.9 Å². The van der Waals surface area contributed by atoms with Gasteiger partial charge in [-0.3, -0.25) is 4.79 Å². The molecule has 0 fully saturated rings. The van der Waals surface area contributed by atoms with Crippen LogP contribution in [0.5, 0.6) is 0 Å². The van der Waals surface area contributed by atoms with Crippen molar-refractivity contribution in [3.8, 4) is 0 Å². The van der Waals surface area contributed by atoms with Crippen molar-refractivity contribution in [2.45, 2.75) is 53.5 Å². The SMILES string of the molecule is CCC(CC)CN(CC)C(=O)c1cccc(NC(C)C)n1. The summed E-state index contributed by atoms with van der Waals surface area (Å²) in [7, 11) is 0. The van der Waals surface area contributed by atoms with E-state index in [0.717, 1.165) is 31.7 Å². The molecule has 118 valence electrons. The van der Waals surface area contributed by atoms with Crippen LogP contribution in [-0.2, 0) is 0 Å². The van der Waals surface area contributed by atoms with Gasteiger partial charge in [0.05, 0.1) is 0 Å². The van der Waals surface area contributed by atoms with E-state index in [-0.39, 0.29) is 5.91 Å². The van der Waals surface area contributed by atoms with Crippen molar-refractivity contribution < 1.29 is 4.79 Å². The van der Waals surface area contributed by atoms with Crippen molar-refractivity contribution in [1.29, 1.82) is 0 Å². The molecule has 0 atom stereocenters. The molecule has 1 N–H and O–H groups in total. The Kier molecular flexibility index (Phi) is 7.20. The molecule has 0 aliphatic rings. The predicted octanol–water partition coefficient (Wildman–Crippen LogP) is 3.80. The van der Waals surface area contributed by atoms with Crippen LogP contribution in [0.15, 0.2) is 18.2 Å². The van der Waals surface area contributed by atoms with Gasteiger partial charge in [0.15, 0.2) is 0 Å². The standard InChI is InChI=1S/C17H29N3O/c1-6-14(7-2)12-20(8-3)17(21)15-10-9-11-16(19-15)18-13(4)5/h9-11,13-14H,6-8,12H2,1-5H3,(H,18,19).